The van der Waals surface area contributed by atoms with Gasteiger partial charge in [0.15, 0.2) is 0 Å². The number of hydrogen-bond donors (Lipinski definition) is 2. The zero-order valence-corrected chi connectivity index (χ0v) is 16.4. The van der Waals surface area contributed by atoms with E-state index in [2.05, 4.69) is 29.6 Å². The quantitative estimate of drug-likeness (QED) is 0.678. The van der Waals surface area contributed by atoms with Crippen LogP contribution in [0, 0.1) is 0 Å². The van der Waals surface area contributed by atoms with Gasteiger partial charge >= 0.3 is 12.1 Å². The molecular weight excluding hydrogens is 354 g/mol. The van der Waals surface area contributed by atoms with Crippen molar-refractivity contribution in [3.05, 3.63) is 59.7 Å². The largest absolute Gasteiger partial charge is 0.480 e. The van der Waals surface area contributed by atoms with Gasteiger partial charge in [-0.2, -0.15) is 0 Å². The van der Waals surface area contributed by atoms with Crippen LogP contribution in [0.15, 0.2) is 48.5 Å². The molecule has 28 heavy (non-hydrogen) atoms. The van der Waals surface area contributed by atoms with Crippen molar-refractivity contribution in [2.24, 2.45) is 0 Å². The molecule has 0 radical (unpaired) electrons. The summed E-state index contributed by atoms with van der Waals surface area (Å²) >= 11 is 0. The van der Waals surface area contributed by atoms with Crippen LogP contribution in [-0.2, 0) is 9.53 Å². The van der Waals surface area contributed by atoms with Gasteiger partial charge in [-0.05, 0) is 35.1 Å². The molecule has 0 saturated carbocycles. The number of benzene rings is 2. The van der Waals surface area contributed by atoms with E-state index in [1.807, 2.05) is 31.2 Å². The van der Waals surface area contributed by atoms with Gasteiger partial charge in [-0.1, -0.05) is 75.2 Å². The number of hydrogen-bond acceptors (Lipinski definition) is 3. The number of carbonyl (C=O) groups is 2. The van der Waals surface area contributed by atoms with Gasteiger partial charge in [-0.15, -0.1) is 0 Å². The fraction of sp³-hybridized carbons (Fsp3) is 0.391. The van der Waals surface area contributed by atoms with E-state index in [1.54, 1.807) is 6.92 Å². The number of carboxylic acids is 1. The Morgan fingerprint density at radius 2 is 1.61 bits per heavy atom. The summed E-state index contributed by atoms with van der Waals surface area (Å²) in [6, 6.07) is 16.2. The van der Waals surface area contributed by atoms with Gasteiger partial charge in [-0.25, -0.2) is 9.59 Å². The third-order valence-corrected chi connectivity index (χ3v) is 5.66. The lowest BCUT2D eigenvalue weighted by atomic mass is 9.90. The molecule has 2 N–H and O–H groups in total. The molecule has 1 aliphatic carbocycles. The molecule has 0 aromatic heterocycles. The second-order valence-corrected chi connectivity index (χ2v) is 7.29. The van der Waals surface area contributed by atoms with Crippen molar-refractivity contribution in [1.29, 1.82) is 0 Å². The average Bonchev–Trinajstić information content (AvgIpc) is 3.03. The van der Waals surface area contributed by atoms with Gasteiger partial charge in [0.25, 0.3) is 0 Å². The number of fused-ring (bicyclic) bond motifs is 3. The molecule has 1 amide bonds. The highest BCUT2D eigenvalue weighted by molar-refractivity contribution is 5.84. The van der Waals surface area contributed by atoms with E-state index in [9.17, 15) is 14.7 Å². The zero-order valence-electron chi connectivity index (χ0n) is 16.4. The third kappa shape index (κ3) is 3.75. The van der Waals surface area contributed by atoms with Crippen LogP contribution in [0.3, 0.4) is 0 Å². The topological polar surface area (TPSA) is 75.6 Å². The Kier molecular flexibility index (Phi) is 6.02. The molecule has 5 nitrogen and oxygen atoms in total. The fourth-order valence-electron chi connectivity index (χ4n) is 3.95. The highest BCUT2D eigenvalue weighted by Gasteiger charge is 2.38. The van der Waals surface area contributed by atoms with Crippen LogP contribution in [0.2, 0.25) is 0 Å². The molecular formula is C23H27NO4. The van der Waals surface area contributed by atoms with E-state index in [1.165, 1.54) is 0 Å². The summed E-state index contributed by atoms with van der Waals surface area (Å²) in [5.74, 6) is -1.06. The van der Waals surface area contributed by atoms with Crippen molar-refractivity contribution in [2.75, 3.05) is 6.61 Å². The number of alkyl carbamates (subject to hydrolysis) is 1. The number of ether oxygens (including phenoxy) is 1. The van der Waals surface area contributed by atoms with Crippen LogP contribution in [0.5, 0.6) is 0 Å². The number of carboxylic acid groups (broad SMARTS) is 1. The maximum atomic E-state index is 12.5. The summed E-state index contributed by atoms with van der Waals surface area (Å²) in [7, 11) is 0. The van der Waals surface area contributed by atoms with Crippen LogP contribution in [0.1, 0.15) is 56.6 Å². The van der Waals surface area contributed by atoms with Gasteiger partial charge < -0.3 is 15.2 Å². The van der Waals surface area contributed by atoms with E-state index in [4.69, 9.17) is 4.74 Å². The van der Waals surface area contributed by atoms with E-state index in [0.717, 1.165) is 35.1 Å². The summed E-state index contributed by atoms with van der Waals surface area (Å²) < 4.78 is 5.51. The molecule has 0 spiro atoms. The van der Waals surface area contributed by atoms with E-state index < -0.39 is 17.6 Å². The minimum Gasteiger partial charge on any atom is -0.480 e. The van der Waals surface area contributed by atoms with Crippen LogP contribution >= 0.6 is 0 Å². The van der Waals surface area contributed by atoms with Crippen LogP contribution < -0.4 is 5.32 Å². The minimum absolute atomic E-state index is 0.0466. The van der Waals surface area contributed by atoms with Crippen molar-refractivity contribution in [2.45, 2.75) is 51.0 Å². The molecule has 0 heterocycles. The Hall–Kier alpha value is -2.82. The normalized spacial score (nSPS) is 14.6. The minimum atomic E-state index is -1.28. The summed E-state index contributed by atoms with van der Waals surface area (Å²) in [5.41, 5.74) is 3.29. The Morgan fingerprint density at radius 1 is 1.04 bits per heavy atom. The van der Waals surface area contributed by atoms with E-state index >= 15 is 0 Å². The monoisotopic (exact) mass is 381 g/mol. The van der Waals surface area contributed by atoms with Crippen molar-refractivity contribution >= 4 is 12.1 Å². The molecule has 0 saturated heterocycles. The summed E-state index contributed by atoms with van der Waals surface area (Å²) in [6.07, 6.45) is 1.61. The fourth-order valence-corrected chi connectivity index (χ4v) is 3.95. The molecule has 1 unspecified atom stereocenters. The number of unbranched alkanes of at least 4 members (excludes halogenated alkanes) is 1. The van der Waals surface area contributed by atoms with Crippen molar-refractivity contribution in [3.63, 3.8) is 0 Å². The molecule has 5 heteroatoms. The average molecular weight is 381 g/mol. The standard InChI is InChI=1S/C23H27NO4/c1-3-5-14-23(4-2,21(25)26)24-22(27)28-15-20-18-12-8-6-10-16(18)17-11-7-9-13-19(17)20/h6-13,20H,3-5,14-15H2,1-2H3,(H,24,27)(H,25,26). The maximum Gasteiger partial charge on any atom is 0.408 e. The Balaban J connectivity index is 1.73. The highest BCUT2D eigenvalue weighted by atomic mass is 16.5. The number of amides is 1. The van der Waals surface area contributed by atoms with E-state index in [-0.39, 0.29) is 12.5 Å². The van der Waals surface area contributed by atoms with Gasteiger partial charge in [0, 0.05) is 5.92 Å². The first-order valence-electron chi connectivity index (χ1n) is 9.89. The van der Waals surface area contributed by atoms with Gasteiger partial charge in [0.1, 0.15) is 12.1 Å². The smallest absolute Gasteiger partial charge is 0.408 e. The summed E-state index contributed by atoms with van der Waals surface area (Å²) in [6.45, 7) is 3.94. The molecule has 2 aromatic carbocycles. The summed E-state index contributed by atoms with van der Waals surface area (Å²) in [5, 5.41) is 12.3. The molecule has 3 rings (SSSR count). The molecule has 148 valence electrons. The van der Waals surface area contributed by atoms with Gasteiger partial charge in [-0.3, -0.25) is 0 Å². The SMILES string of the molecule is CCCCC(CC)(NC(=O)OCC1c2ccccc2-c2ccccc21)C(=O)O. The lowest BCUT2D eigenvalue weighted by Gasteiger charge is -2.29. The summed E-state index contributed by atoms with van der Waals surface area (Å²) in [4.78, 5) is 24.3. The third-order valence-electron chi connectivity index (χ3n) is 5.66. The lowest BCUT2D eigenvalue weighted by Crippen LogP contribution is -2.54. The first-order valence-corrected chi connectivity index (χ1v) is 9.89. The Bertz CT molecular complexity index is 818. The van der Waals surface area contributed by atoms with Crippen LogP contribution in [0.25, 0.3) is 11.1 Å². The van der Waals surface area contributed by atoms with Gasteiger partial charge in [0.05, 0.1) is 0 Å². The molecule has 1 aliphatic rings. The number of rotatable bonds is 8. The van der Waals surface area contributed by atoms with Crippen molar-refractivity contribution in [3.8, 4) is 11.1 Å². The molecule has 0 aliphatic heterocycles. The molecule has 2 aromatic rings. The zero-order chi connectivity index (χ0) is 20.1. The number of aliphatic carboxylic acids is 1. The maximum absolute atomic E-state index is 12.5. The molecule has 0 fully saturated rings. The molecule has 1 atom stereocenters. The first-order chi connectivity index (χ1) is 13.5. The second kappa shape index (κ2) is 8.46. The molecule has 0 bridgehead atoms. The van der Waals surface area contributed by atoms with Crippen molar-refractivity contribution < 1.29 is 19.4 Å². The Labute approximate surface area is 165 Å². The second-order valence-electron chi connectivity index (χ2n) is 7.29. The van der Waals surface area contributed by atoms with Gasteiger partial charge in [0.2, 0.25) is 0 Å². The predicted octanol–water partition coefficient (Wildman–Crippen LogP) is 4.95. The van der Waals surface area contributed by atoms with Crippen LogP contribution in [0.4, 0.5) is 4.79 Å². The number of nitrogens with one attached hydrogen (secondary N) is 1. The highest BCUT2D eigenvalue weighted by Crippen LogP contribution is 2.44. The predicted molar refractivity (Wildman–Crippen MR) is 108 cm³/mol. The first kappa shape index (κ1) is 19.9. The Morgan fingerprint density at radius 3 is 2.11 bits per heavy atom. The number of carbonyl (C=O) groups excluding carboxylic acids is 1. The van der Waals surface area contributed by atoms with Crippen molar-refractivity contribution in [1.82, 2.24) is 5.32 Å². The van der Waals surface area contributed by atoms with Crippen LogP contribution in [-0.4, -0.2) is 29.3 Å². The van der Waals surface area contributed by atoms with E-state index in [0.29, 0.717) is 12.8 Å². The lowest BCUT2D eigenvalue weighted by molar-refractivity contribution is -0.145.